The van der Waals surface area contributed by atoms with E-state index in [1.54, 1.807) is 0 Å². The molecule has 0 amide bonds. The van der Waals surface area contributed by atoms with Gasteiger partial charge in [-0.15, -0.1) is 5.10 Å². The molecule has 2 rings (SSSR count). The molecule has 0 aliphatic carbocycles. The molecule has 0 spiro atoms. The number of hydrogen-bond acceptors (Lipinski definition) is 9. The Kier molecular flexibility index (Phi) is 4.20. The van der Waals surface area contributed by atoms with E-state index in [0.717, 1.165) is 16.6 Å². The maximum atomic E-state index is 11.2. The Labute approximate surface area is 111 Å². The molecule has 0 atom stereocenters. The average molecular weight is 286 g/mol. The van der Waals surface area contributed by atoms with Gasteiger partial charge in [0.2, 0.25) is 5.16 Å². The Morgan fingerprint density at radius 1 is 1.56 bits per heavy atom. The van der Waals surface area contributed by atoms with Gasteiger partial charge in [0.05, 0.1) is 7.11 Å². The fraction of sp³-hybridized carbons (Fsp3) is 0.500. The molecule has 8 nitrogen and oxygen atoms in total. The molecule has 0 aliphatic rings. The van der Waals surface area contributed by atoms with E-state index < -0.39 is 5.97 Å². The molecule has 0 fully saturated rings. The quantitative estimate of drug-likeness (QED) is 0.729. The van der Waals surface area contributed by atoms with E-state index in [1.165, 1.54) is 35.1 Å². The number of carbonyl (C=O) groups is 1. The van der Waals surface area contributed by atoms with E-state index in [9.17, 15) is 4.79 Å². The zero-order valence-electron chi connectivity index (χ0n) is 9.73. The normalized spacial score (nSPS) is 10.6. The predicted octanol–water partition coefficient (Wildman–Crippen LogP) is 0.411. The summed E-state index contributed by atoms with van der Waals surface area (Å²) in [5, 5.41) is 11.6. The highest BCUT2D eigenvalue weighted by atomic mass is 32.2. The molecular weight excluding hydrogens is 276 g/mol. The maximum absolute atomic E-state index is 11.2. The number of esters is 1. The minimum absolute atomic E-state index is 0.0225. The third-order valence-corrected chi connectivity index (χ3v) is 3.71. The van der Waals surface area contributed by atoms with Crippen molar-refractivity contribution in [1.29, 1.82) is 0 Å². The molecule has 0 saturated carbocycles. The molecule has 2 aromatic rings. The summed E-state index contributed by atoms with van der Waals surface area (Å²) in [7, 11) is 1.32. The first kappa shape index (κ1) is 12.9. The Morgan fingerprint density at radius 3 is 3.06 bits per heavy atom. The van der Waals surface area contributed by atoms with Gasteiger partial charge in [-0.05, 0) is 33.7 Å². The lowest BCUT2D eigenvalue weighted by Gasteiger charge is -2.00. The van der Waals surface area contributed by atoms with Gasteiger partial charge >= 0.3 is 5.97 Å². The van der Waals surface area contributed by atoms with Crippen LogP contribution in [0.4, 0.5) is 0 Å². The molecule has 2 heterocycles. The summed E-state index contributed by atoms with van der Waals surface area (Å²) in [5.41, 5.74) is 0. The van der Waals surface area contributed by atoms with Crippen LogP contribution < -0.4 is 0 Å². The van der Waals surface area contributed by atoms with Crippen LogP contribution in [-0.4, -0.2) is 42.6 Å². The van der Waals surface area contributed by atoms with Crippen LogP contribution in [0.25, 0.3) is 0 Å². The molecule has 0 saturated heterocycles. The molecule has 0 aliphatic heterocycles. The smallest absolute Gasteiger partial charge is 0.327 e. The first-order chi connectivity index (χ1) is 8.72. The maximum Gasteiger partial charge on any atom is 0.327 e. The lowest BCUT2D eigenvalue weighted by Crippen LogP contribution is -2.13. The molecule has 2 aromatic heterocycles. The summed E-state index contributed by atoms with van der Waals surface area (Å²) in [6.07, 6.45) is 0.782. The highest BCUT2D eigenvalue weighted by Crippen LogP contribution is 2.26. The number of aromatic nitrogens is 6. The van der Waals surface area contributed by atoms with E-state index in [2.05, 4.69) is 29.6 Å². The van der Waals surface area contributed by atoms with Gasteiger partial charge in [-0.1, -0.05) is 6.92 Å². The van der Waals surface area contributed by atoms with Crippen LogP contribution in [0.2, 0.25) is 0 Å². The first-order valence-electron chi connectivity index (χ1n) is 5.06. The summed E-state index contributed by atoms with van der Waals surface area (Å²) in [6, 6.07) is 0. The number of aryl methyl sites for hydroxylation is 1. The number of tetrazole rings is 1. The van der Waals surface area contributed by atoms with Gasteiger partial charge in [-0.2, -0.15) is 4.37 Å². The molecule has 0 aromatic carbocycles. The Bertz CT molecular complexity index is 539. The number of rotatable bonds is 5. The third kappa shape index (κ3) is 3.01. The second kappa shape index (κ2) is 5.87. The molecule has 0 radical (unpaired) electrons. The number of methoxy groups -OCH3 is 1. The van der Waals surface area contributed by atoms with Crippen molar-refractivity contribution >= 4 is 29.3 Å². The van der Waals surface area contributed by atoms with Crippen molar-refractivity contribution in [3.63, 3.8) is 0 Å². The van der Waals surface area contributed by atoms with Gasteiger partial charge in [0.15, 0.2) is 4.34 Å². The van der Waals surface area contributed by atoms with Crippen molar-refractivity contribution in [2.75, 3.05) is 7.11 Å². The van der Waals surface area contributed by atoms with Crippen LogP contribution in [0.5, 0.6) is 0 Å². The van der Waals surface area contributed by atoms with E-state index in [-0.39, 0.29) is 6.54 Å². The summed E-state index contributed by atoms with van der Waals surface area (Å²) in [5.74, 6) is 0.380. The zero-order valence-corrected chi connectivity index (χ0v) is 11.4. The summed E-state index contributed by atoms with van der Waals surface area (Å²) in [6.45, 7) is 1.96. The van der Waals surface area contributed by atoms with Crippen molar-refractivity contribution in [2.24, 2.45) is 0 Å². The molecule has 0 N–H and O–H groups in total. The van der Waals surface area contributed by atoms with Crippen LogP contribution in [0.15, 0.2) is 9.50 Å². The van der Waals surface area contributed by atoms with Crippen molar-refractivity contribution in [3.8, 4) is 0 Å². The second-order valence-corrected chi connectivity index (χ2v) is 5.09. The third-order valence-electron chi connectivity index (χ3n) is 1.95. The fourth-order valence-electron chi connectivity index (χ4n) is 1.06. The summed E-state index contributed by atoms with van der Waals surface area (Å²) < 4.78 is 10.8. The van der Waals surface area contributed by atoms with Crippen molar-refractivity contribution in [2.45, 2.75) is 29.4 Å². The van der Waals surface area contributed by atoms with Crippen LogP contribution in [-0.2, 0) is 22.5 Å². The SMILES string of the molecule is CCc1nsc(Sc2nnnn2CC(=O)OC)n1. The van der Waals surface area contributed by atoms with Gasteiger partial charge in [-0.25, -0.2) is 9.67 Å². The van der Waals surface area contributed by atoms with Crippen molar-refractivity contribution in [1.82, 2.24) is 29.6 Å². The van der Waals surface area contributed by atoms with E-state index in [4.69, 9.17) is 0 Å². The molecule has 0 bridgehead atoms. The van der Waals surface area contributed by atoms with E-state index in [1.807, 2.05) is 6.92 Å². The second-order valence-electron chi connectivity index (χ2n) is 3.13. The molecule has 96 valence electrons. The average Bonchev–Trinajstić information content (AvgIpc) is 3.00. The highest BCUT2D eigenvalue weighted by molar-refractivity contribution is 8.00. The largest absolute Gasteiger partial charge is 0.468 e. The van der Waals surface area contributed by atoms with Gasteiger partial charge in [-0.3, -0.25) is 4.79 Å². The van der Waals surface area contributed by atoms with E-state index >= 15 is 0 Å². The van der Waals surface area contributed by atoms with Crippen LogP contribution in [0.1, 0.15) is 12.7 Å². The lowest BCUT2D eigenvalue weighted by atomic mass is 10.5. The first-order valence-corrected chi connectivity index (χ1v) is 6.65. The highest BCUT2D eigenvalue weighted by Gasteiger charge is 2.14. The van der Waals surface area contributed by atoms with Crippen molar-refractivity contribution in [3.05, 3.63) is 5.82 Å². The topological polar surface area (TPSA) is 95.7 Å². The summed E-state index contributed by atoms with van der Waals surface area (Å²) in [4.78, 5) is 15.5. The number of ether oxygens (including phenoxy) is 1. The number of carbonyl (C=O) groups excluding carboxylic acids is 1. The van der Waals surface area contributed by atoms with Crippen LogP contribution in [0, 0.1) is 0 Å². The Hall–Kier alpha value is -1.55. The van der Waals surface area contributed by atoms with Gasteiger partial charge in [0, 0.05) is 6.42 Å². The Morgan fingerprint density at radius 2 is 2.39 bits per heavy atom. The van der Waals surface area contributed by atoms with Crippen LogP contribution in [0.3, 0.4) is 0 Å². The van der Waals surface area contributed by atoms with Crippen LogP contribution >= 0.6 is 23.3 Å². The summed E-state index contributed by atoms with van der Waals surface area (Å²) >= 11 is 2.56. The number of hydrogen-bond donors (Lipinski definition) is 0. The fourth-order valence-corrected chi connectivity index (χ4v) is 2.63. The molecule has 10 heteroatoms. The van der Waals surface area contributed by atoms with Gasteiger partial charge < -0.3 is 4.74 Å². The molecule has 0 unspecified atom stereocenters. The Balaban J connectivity index is 2.09. The van der Waals surface area contributed by atoms with Crippen molar-refractivity contribution < 1.29 is 9.53 Å². The predicted molar refractivity (Wildman–Crippen MR) is 63.2 cm³/mol. The molecule has 18 heavy (non-hydrogen) atoms. The lowest BCUT2D eigenvalue weighted by molar-refractivity contribution is -0.141. The standard InChI is InChI=1S/C8H10N6O2S2/c1-3-5-9-8(18-11-5)17-7-10-12-13-14(7)4-6(15)16-2/h3-4H2,1-2H3. The van der Waals surface area contributed by atoms with Gasteiger partial charge in [0.25, 0.3) is 0 Å². The minimum atomic E-state index is -0.407. The van der Waals surface area contributed by atoms with E-state index in [0.29, 0.717) is 5.16 Å². The van der Waals surface area contributed by atoms with Gasteiger partial charge in [0.1, 0.15) is 12.4 Å². The molecular formula is C8H10N6O2S2. The monoisotopic (exact) mass is 286 g/mol. The number of nitrogens with zero attached hydrogens (tertiary/aromatic N) is 6. The minimum Gasteiger partial charge on any atom is -0.468 e. The zero-order chi connectivity index (χ0) is 13.0.